The minimum absolute atomic E-state index is 0.0862. The third kappa shape index (κ3) is 4.48. The number of nitrogens with one attached hydrogen (secondary N) is 1. The summed E-state index contributed by atoms with van der Waals surface area (Å²) in [6.45, 7) is 4.32. The van der Waals surface area contributed by atoms with E-state index in [2.05, 4.69) is 15.3 Å². The first-order valence-electron chi connectivity index (χ1n) is 8.58. The molecule has 1 atom stereocenters. The summed E-state index contributed by atoms with van der Waals surface area (Å²) in [5, 5.41) is 3.90. The summed E-state index contributed by atoms with van der Waals surface area (Å²) in [5.41, 5.74) is 0.543. The van der Waals surface area contributed by atoms with Gasteiger partial charge in [0.05, 0.1) is 21.2 Å². The standard InChI is InChI=1S/C19H19ClN4O2S/c1-3-10-24-18(26)14-6-4-5-7-15(14)22-19(24)27-12(2)17(25)23-16-9-8-13(20)11-21-16/h4-9,11-12H,3,10H2,1-2H3,(H,21,23,25)/t12-/m0/s1. The maximum Gasteiger partial charge on any atom is 0.262 e. The summed E-state index contributed by atoms with van der Waals surface area (Å²) in [6, 6.07) is 10.5. The van der Waals surface area contributed by atoms with E-state index >= 15 is 0 Å². The summed E-state index contributed by atoms with van der Waals surface area (Å²) in [5.74, 6) is 0.203. The van der Waals surface area contributed by atoms with Crippen LogP contribution in [0.3, 0.4) is 0 Å². The van der Waals surface area contributed by atoms with Gasteiger partial charge in [0.1, 0.15) is 5.82 Å². The number of nitrogens with zero attached hydrogens (tertiary/aromatic N) is 3. The Bertz CT molecular complexity index is 1020. The Labute approximate surface area is 166 Å². The minimum atomic E-state index is -0.460. The molecular formula is C19H19ClN4O2S. The lowest BCUT2D eigenvalue weighted by atomic mass is 10.2. The Morgan fingerprint density at radius 1 is 1.30 bits per heavy atom. The van der Waals surface area contributed by atoms with Crippen LogP contribution in [0.5, 0.6) is 0 Å². The molecule has 27 heavy (non-hydrogen) atoms. The van der Waals surface area contributed by atoms with Crippen molar-refractivity contribution in [2.45, 2.75) is 37.2 Å². The molecule has 140 valence electrons. The molecule has 0 saturated heterocycles. The topological polar surface area (TPSA) is 76.9 Å². The number of aromatic nitrogens is 3. The Kier molecular flexibility index (Phi) is 6.13. The average molecular weight is 403 g/mol. The molecule has 0 aliphatic heterocycles. The summed E-state index contributed by atoms with van der Waals surface area (Å²) in [7, 11) is 0. The van der Waals surface area contributed by atoms with E-state index in [1.165, 1.54) is 18.0 Å². The quantitative estimate of drug-likeness (QED) is 0.498. The number of hydrogen-bond donors (Lipinski definition) is 1. The van der Waals surface area contributed by atoms with Gasteiger partial charge in [-0.05, 0) is 37.6 Å². The Morgan fingerprint density at radius 3 is 2.78 bits per heavy atom. The zero-order valence-electron chi connectivity index (χ0n) is 15.0. The zero-order chi connectivity index (χ0) is 19.4. The Hall–Kier alpha value is -2.38. The lowest BCUT2D eigenvalue weighted by molar-refractivity contribution is -0.115. The maximum absolute atomic E-state index is 12.8. The van der Waals surface area contributed by atoms with Crippen molar-refractivity contribution in [3.05, 3.63) is 58.0 Å². The zero-order valence-corrected chi connectivity index (χ0v) is 16.5. The van der Waals surface area contributed by atoms with Gasteiger partial charge in [-0.25, -0.2) is 9.97 Å². The van der Waals surface area contributed by atoms with Crippen LogP contribution < -0.4 is 10.9 Å². The van der Waals surface area contributed by atoms with Gasteiger partial charge in [-0.2, -0.15) is 0 Å². The molecule has 8 heteroatoms. The van der Waals surface area contributed by atoms with E-state index in [9.17, 15) is 9.59 Å². The largest absolute Gasteiger partial charge is 0.310 e. The molecule has 2 aromatic heterocycles. The van der Waals surface area contributed by atoms with Crippen LogP contribution in [0, 0.1) is 0 Å². The third-order valence-electron chi connectivity index (χ3n) is 3.90. The molecule has 0 saturated carbocycles. The second kappa shape index (κ2) is 8.54. The highest BCUT2D eigenvalue weighted by molar-refractivity contribution is 8.00. The molecule has 0 unspecified atom stereocenters. The molecule has 0 aliphatic rings. The Balaban J connectivity index is 1.85. The number of anilines is 1. The average Bonchev–Trinajstić information content (AvgIpc) is 2.66. The number of benzene rings is 1. The number of hydrogen-bond acceptors (Lipinski definition) is 5. The first-order valence-corrected chi connectivity index (χ1v) is 9.84. The summed E-state index contributed by atoms with van der Waals surface area (Å²) >= 11 is 7.06. The molecule has 0 aliphatic carbocycles. The van der Waals surface area contributed by atoms with E-state index in [0.717, 1.165) is 6.42 Å². The SMILES string of the molecule is CCCn1c(S[C@@H](C)C(=O)Nc2ccc(Cl)cn2)nc2ccccc2c1=O. The highest BCUT2D eigenvalue weighted by Crippen LogP contribution is 2.23. The van der Waals surface area contributed by atoms with Crippen molar-refractivity contribution in [3.63, 3.8) is 0 Å². The summed E-state index contributed by atoms with van der Waals surface area (Å²) in [4.78, 5) is 34.0. The van der Waals surface area contributed by atoms with Crippen molar-refractivity contribution < 1.29 is 4.79 Å². The monoisotopic (exact) mass is 402 g/mol. The number of para-hydroxylation sites is 1. The number of thioether (sulfide) groups is 1. The van der Waals surface area contributed by atoms with Crippen LogP contribution in [-0.4, -0.2) is 25.7 Å². The number of carbonyl (C=O) groups is 1. The van der Waals surface area contributed by atoms with Crippen molar-refractivity contribution in [3.8, 4) is 0 Å². The second-order valence-electron chi connectivity index (χ2n) is 5.98. The fraction of sp³-hybridized carbons (Fsp3) is 0.263. The molecule has 2 heterocycles. The minimum Gasteiger partial charge on any atom is -0.310 e. The van der Waals surface area contributed by atoms with E-state index in [0.29, 0.717) is 33.4 Å². The van der Waals surface area contributed by atoms with Crippen LogP contribution in [0.25, 0.3) is 10.9 Å². The van der Waals surface area contributed by atoms with Crippen molar-refractivity contribution >= 4 is 46.0 Å². The molecule has 0 bridgehead atoms. The van der Waals surface area contributed by atoms with E-state index in [1.54, 1.807) is 35.8 Å². The van der Waals surface area contributed by atoms with Crippen LogP contribution in [0.4, 0.5) is 5.82 Å². The number of amides is 1. The molecular weight excluding hydrogens is 384 g/mol. The van der Waals surface area contributed by atoms with E-state index in [-0.39, 0.29) is 11.5 Å². The van der Waals surface area contributed by atoms with Crippen molar-refractivity contribution in [2.24, 2.45) is 0 Å². The van der Waals surface area contributed by atoms with Crippen LogP contribution >= 0.6 is 23.4 Å². The number of halogens is 1. The molecule has 0 spiro atoms. The van der Waals surface area contributed by atoms with Gasteiger partial charge >= 0.3 is 0 Å². The van der Waals surface area contributed by atoms with E-state index in [4.69, 9.17) is 11.6 Å². The van der Waals surface area contributed by atoms with Crippen molar-refractivity contribution in [2.75, 3.05) is 5.32 Å². The van der Waals surface area contributed by atoms with Gasteiger partial charge in [0, 0.05) is 12.7 Å². The van der Waals surface area contributed by atoms with E-state index in [1.807, 2.05) is 19.1 Å². The molecule has 3 aromatic rings. The lowest BCUT2D eigenvalue weighted by Crippen LogP contribution is -2.27. The molecule has 0 radical (unpaired) electrons. The predicted octanol–water partition coefficient (Wildman–Crippen LogP) is 3.97. The van der Waals surface area contributed by atoms with E-state index < -0.39 is 5.25 Å². The molecule has 3 rings (SSSR count). The maximum atomic E-state index is 12.8. The summed E-state index contributed by atoms with van der Waals surface area (Å²) in [6.07, 6.45) is 2.27. The summed E-state index contributed by atoms with van der Waals surface area (Å²) < 4.78 is 1.64. The van der Waals surface area contributed by atoms with Gasteiger partial charge in [-0.3, -0.25) is 14.2 Å². The highest BCUT2D eigenvalue weighted by atomic mass is 35.5. The van der Waals surface area contributed by atoms with Gasteiger partial charge in [0.15, 0.2) is 5.16 Å². The molecule has 1 N–H and O–H groups in total. The van der Waals surface area contributed by atoms with Gasteiger partial charge in [-0.1, -0.05) is 42.4 Å². The predicted molar refractivity (Wildman–Crippen MR) is 109 cm³/mol. The molecule has 0 fully saturated rings. The van der Waals surface area contributed by atoms with Crippen LogP contribution in [-0.2, 0) is 11.3 Å². The highest BCUT2D eigenvalue weighted by Gasteiger charge is 2.19. The number of pyridine rings is 1. The van der Waals surface area contributed by atoms with Gasteiger partial charge in [-0.15, -0.1) is 0 Å². The van der Waals surface area contributed by atoms with Crippen molar-refractivity contribution in [1.29, 1.82) is 0 Å². The van der Waals surface area contributed by atoms with Gasteiger partial charge < -0.3 is 5.32 Å². The second-order valence-corrected chi connectivity index (χ2v) is 7.72. The number of rotatable bonds is 6. The van der Waals surface area contributed by atoms with Crippen LogP contribution in [0.15, 0.2) is 52.5 Å². The van der Waals surface area contributed by atoms with Crippen LogP contribution in [0.1, 0.15) is 20.3 Å². The molecule has 6 nitrogen and oxygen atoms in total. The normalized spacial score (nSPS) is 12.1. The first-order chi connectivity index (χ1) is 13.0. The number of fused-ring (bicyclic) bond motifs is 1. The van der Waals surface area contributed by atoms with Crippen LogP contribution in [0.2, 0.25) is 5.02 Å². The molecule has 1 amide bonds. The fourth-order valence-electron chi connectivity index (χ4n) is 2.55. The third-order valence-corrected chi connectivity index (χ3v) is 5.22. The van der Waals surface area contributed by atoms with Gasteiger partial charge in [0.25, 0.3) is 5.56 Å². The Morgan fingerprint density at radius 2 is 2.07 bits per heavy atom. The lowest BCUT2D eigenvalue weighted by Gasteiger charge is -2.15. The van der Waals surface area contributed by atoms with Crippen molar-refractivity contribution in [1.82, 2.24) is 14.5 Å². The first kappa shape index (κ1) is 19.4. The fourth-order valence-corrected chi connectivity index (χ4v) is 3.59. The molecule has 1 aromatic carbocycles. The number of carbonyl (C=O) groups excluding carboxylic acids is 1. The van der Waals surface area contributed by atoms with Gasteiger partial charge in [0.2, 0.25) is 5.91 Å². The smallest absolute Gasteiger partial charge is 0.262 e.